The number of benzene rings is 3. The average Bonchev–Trinajstić information content (AvgIpc) is 2.67. The van der Waals surface area contributed by atoms with Gasteiger partial charge in [0.25, 0.3) is 0 Å². The number of ether oxygens (including phenoxy) is 2. The molecule has 4 N–H and O–H groups in total. The highest BCUT2D eigenvalue weighted by atomic mass is 79.9. The maximum Gasteiger partial charge on any atom is 0.211 e. The molecule has 7 heteroatoms. The van der Waals surface area contributed by atoms with Crippen LogP contribution in [0, 0.1) is 0 Å². The maximum atomic E-state index is 6.13. The van der Waals surface area contributed by atoms with Crippen molar-refractivity contribution in [1.29, 1.82) is 0 Å². The minimum absolute atomic E-state index is 0.101. The molecule has 0 aliphatic carbocycles. The number of rotatable bonds is 7. The van der Waals surface area contributed by atoms with Gasteiger partial charge >= 0.3 is 0 Å². The first-order chi connectivity index (χ1) is 13.6. The van der Waals surface area contributed by atoms with Gasteiger partial charge in [0, 0.05) is 0 Å². The van der Waals surface area contributed by atoms with E-state index < -0.39 is 0 Å². The summed E-state index contributed by atoms with van der Waals surface area (Å²) in [4.78, 5) is 0. The number of guanidine groups is 1. The number of halogens is 1. The molecule has 3 aromatic rings. The fourth-order valence-corrected chi connectivity index (χ4v) is 3.37. The largest absolute Gasteiger partial charge is 0.490 e. The number of nitrogens with zero attached hydrogens (tertiary/aromatic N) is 2. The highest BCUT2D eigenvalue weighted by Crippen LogP contribution is 2.37. The van der Waals surface area contributed by atoms with E-state index in [1.54, 1.807) is 6.21 Å². The fourth-order valence-electron chi connectivity index (χ4n) is 2.80. The summed E-state index contributed by atoms with van der Waals surface area (Å²) in [5.41, 5.74) is 12.4. The van der Waals surface area contributed by atoms with Crippen molar-refractivity contribution in [2.75, 3.05) is 6.61 Å². The Morgan fingerprint density at radius 3 is 2.64 bits per heavy atom. The lowest BCUT2D eigenvalue weighted by molar-refractivity contribution is 0.268. The van der Waals surface area contributed by atoms with Gasteiger partial charge in [-0.1, -0.05) is 42.5 Å². The van der Waals surface area contributed by atoms with Gasteiger partial charge in [-0.25, -0.2) is 0 Å². The van der Waals surface area contributed by atoms with E-state index in [4.69, 9.17) is 20.9 Å². The van der Waals surface area contributed by atoms with Crippen molar-refractivity contribution < 1.29 is 9.47 Å². The molecular weight excluding hydrogens is 420 g/mol. The lowest BCUT2D eigenvalue weighted by Crippen LogP contribution is -2.21. The molecule has 0 saturated carbocycles. The Morgan fingerprint density at radius 1 is 1.07 bits per heavy atom. The van der Waals surface area contributed by atoms with Gasteiger partial charge in [-0.15, -0.1) is 5.10 Å². The molecule has 0 radical (unpaired) electrons. The second kappa shape index (κ2) is 9.23. The summed E-state index contributed by atoms with van der Waals surface area (Å²) in [7, 11) is 0. The van der Waals surface area contributed by atoms with E-state index in [-0.39, 0.29) is 5.96 Å². The van der Waals surface area contributed by atoms with Crippen LogP contribution < -0.4 is 20.9 Å². The average molecular weight is 441 g/mol. The molecule has 0 aliphatic heterocycles. The van der Waals surface area contributed by atoms with Crippen molar-refractivity contribution in [2.24, 2.45) is 21.7 Å². The number of nitrogens with two attached hydrogens (primary N) is 2. The van der Waals surface area contributed by atoms with Gasteiger partial charge in [-0.3, -0.25) is 0 Å². The predicted molar refractivity (Wildman–Crippen MR) is 117 cm³/mol. The lowest BCUT2D eigenvalue weighted by atomic mass is 10.1. The van der Waals surface area contributed by atoms with Crippen LogP contribution in [0.5, 0.6) is 11.5 Å². The molecule has 0 aromatic heterocycles. The van der Waals surface area contributed by atoms with Crippen LogP contribution in [0.2, 0.25) is 0 Å². The van der Waals surface area contributed by atoms with E-state index in [2.05, 4.69) is 50.4 Å². The second-order valence-corrected chi connectivity index (χ2v) is 6.81. The van der Waals surface area contributed by atoms with Crippen molar-refractivity contribution in [1.82, 2.24) is 0 Å². The standard InChI is InChI=1S/C21H21BrN4O2/c1-2-27-19-11-14(12-25-26-21(23)24)10-18(22)20(19)28-13-16-8-5-7-15-6-3-4-9-17(15)16/h3-12H,2,13H2,1H3,(H4,23,24,26). The first-order valence-corrected chi connectivity index (χ1v) is 9.55. The van der Waals surface area contributed by atoms with Gasteiger partial charge in [0.15, 0.2) is 11.5 Å². The molecule has 0 saturated heterocycles. The molecule has 0 atom stereocenters. The quantitative estimate of drug-likeness (QED) is 0.327. The molecule has 0 spiro atoms. The normalized spacial score (nSPS) is 10.9. The zero-order valence-corrected chi connectivity index (χ0v) is 17.0. The first-order valence-electron chi connectivity index (χ1n) is 8.76. The van der Waals surface area contributed by atoms with E-state index in [0.29, 0.717) is 24.7 Å². The van der Waals surface area contributed by atoms with Crippen LogP contribution in [0.4, 0.5) is 0 Å². The zero-order valence-electron chi connectivity index (χ0n) is 15.4. The highest BCUT2D eigenvalue weighted by Gasteiger charge is 2.13. The van der Waals surface area contributed by atoms with Crippen LogP contribution in [0.15, 0.2) is 69.3 Å². The van der Waals surface area contributed by atoms with Crippen molar-refractivity contribution in [3.63, 3.8) is 0 Å². The lowest BCUT2D eigenvalue weighted by Gasteiger charge is -2.15. The Hall–Kier alpha value is -3.06. The van der Waals surface area contributed by atoms with E-state index in [1.807, 2.05) is 37.3 Å². The Labute approximate surface area is 172 Å². The third-order valence-electron chi connectivity index (χ3n) is 3.96. The Kier molecular flexibility index (Phi) is 6.49. The fraction of sp³-hybridized carbons (Fsp3) is 0.143. The minimum Gasteiger partial charge on any atom is -0.490 e. The summed E-state index contributed by atoms with van der Waals surface area (Å²) in [6.45, 7) is 2.84. The molecule has 28 heavy (non-hydrogen) atoms. The van der Waals surface area contributed by atoms with E-state index in [1.165, 1.54) is 10.8 Å². The molecule has 0 heterocycles. The Bertz CT molecular complexity index is 1020. The topological polar surface area (TPSA) is 95.2 Å². The molecule has 3 rings (SSSR count). The van der Waals surface area contributed by atoms with Crippen LogP contribution in [0.3, 0.4) is 0 Å². The van der Waals surface area contributed by atoms with E-state index in [0.717, 1.165) is 15.6 Å². The molecule has 0 amide bonds. The smallest absolute Gasteiger partial charge is 0.211 e. The zero-order chi connectivity index (χ0) is 19.9. The molecular formula is C21H21BrN4O2. The molecule has 3 aromatic carbocycles. The van der Waals surface area contributed by atoms with Gasteiger partial charge < -0.3 is 20.9 Å². The molecule has 0 unspecified atom stereocenters. The summed E-state index contributed by atoms with van der Waals surface area (Å²) >= 11 is 3.56. The summed E-state index contributed by atoms with van der Waals surface area (Å²) in [6.07, 6.45) is 1.54. The van der Waals surface area contributed by atoms with Gasteiger partial charge in [0.2, 0.25) is 5.96 Å². The van der Waals surface area contributed by atoms with Crippen LogP contribution in [-0.2, 0) is 6.61 Å². The van der Waals surface area contributed by atoms with Gasteiger partial charge in [0.1, 0.15) is 6.61 Å². The number of hydrogen-bond acceptors (Lipinski definition) is 4. The van der Waals surface area contributed by atoms with Crippen molar-refractivity contribution in [2.45, 2.75) is 13.5 Å². The molecule has 0 fully saturated rings. The molecule has 6 nitrogen and oxygen atoms in total. The van der Waals surface area contributed by atoms with Crippen LogP contribution >= 0.6 is 15.9 Å². The van der Waals surface area contributed by atoms with Gasteiger partial charge in [-0.2, -0.15) is 5.10 Å². The minimum atomic E-state index is -0.101. The van der Waals surface area contributed by atoms with Crippen molar-refractivity contribution >= 4 is 38.9 Å². The third-order valence-corrected chi connectivity index (χ3v) is 4.55. The summed E-state index contributed by atoms with van der Waals surface area (Å²) in [5.74, 6) is 1.15. The predicted octanol–water partition coefficient (Wildman–Crippen LogP) is 4.19. The maximum absolute atomic E-state index is 6.13. The number of fused-ring (bicyclic) bond motifs is 1. The van der Waals surface area contributed by atoms with Crippen molar-refractivity contribution in [3.8, 4) is 11.5 Å². The summed E-state index contributed by atoms with van der Waals surface area (Å²) in [6, 6.07) is 18.1. The summed E-state index contributed by atoms with van der Waals surface area (Å²) < 4.78 is 12.6. The van der Waals surface area contributed by atoms with E-state index in [9.17, 15) is 0 Å². The Morgan fingerprint density at radius 2 is 1.86 bits per heavy atom. The van der Waals surface area contributed by atoms with Crippen molar-refractivity contribution in [3.05, 3.63) is 70.2 Å². The SMILES string of the molecule is CCOc1cc(C=NN=C(N)N)cc(Br)c1OCc1cccc2ccccc12. The monoisotopic (exact) mass is 440 g/mol. The van der Waals surface area contributed by atoms with Gasteiger partial charge in [0.05, 0.1) is 17.3 Å². The molecule has 0 aliphatic rings. The van der Waals surface area contributed by atoms with Crippen LogP contribution in [0.25, 0.3) is 10.8 Å². The van der Waals surface area contributed by atoms with E-state index >= 15 is 0 Å². The number of hydrogen-bond donors (Lipinski definition) is 2. The van der Waals surface area contributed by atoms with Crippen LogP contribution in [0.1, 0.15) is 18.1 Å². The first kappa shape index (κ1) is 19.7. The van der Waals surface area contributed by atoms with Crippen LogP contribution in [-0.4, -0.2) is 18.8 Å². The molecule has 0 bridgehead atoms. The summed E-state index contributed by atoms with van der Waals surface area (Å²) in [5, 5.41) is 9.79. The van der Waals surface area contributed by atoms with Gasteiger partial charge in [-0.05, 0) is 56.9 Å². The highest BCUT2D eigenvalue weighted by molar-refractivity contribution is 9.10. The third kappa shape index (κ3) is 4.80. The second-order valence-electron chi connectivity index (χ2n) is 5.96. The molecule has 144 valence electrons. The Balaban J connectivity index is 1.88.